The summed E-state index contributed by atoms with van der Waals surface area (Å²) in [7, 11) is 5.58. The van der Waals surface area contributed by atoms with Crippen molar-refractivity contribution >= 4 is 38.5 Å². The van der Waals surface area contributed by atoms with Crippen molar-refractivity contribution in [2.45, 2.75) is 0 Å². The number of halogens is 1. The average Bonchev–Trinajstić information content (AvgIpc) is 2.57. The summed E-state index contributed by atoms with van der Waals surface area (Å²) in [5.74, 6) is 0.691. The zero-order valence-electron chi connectivity index (χ0n) is 8.45. The van der Waals surface area contributed by atoms with Gasteiger partial charge in [-0.15, -0.1) is 0 Å². The highest BCUT2D eigenvalue weighted by molar-refractivity contribution is 9.09. The molecule has 0 aromatic carbocycles. The summed E-state index contributed by atoms with van der Waals surface area (Å²) in [4.78, 5) is 7.36. The zero-order valence-corrected chi connectivity index (χ0v) is 10.9. The third-order valence-corrected chi connectivity index (χ3v) is 3.09. The predicted molar refractivity (Wildman–Crippen MR) is 65.8 cm³/mol. The van der Waals surface area contributed by atoms with Gasteiger partial charge < -0.3 is 9.64 Å². The molecule has 0 atom stereocenters. The maximum Gasteiger partial charge on any atom is 0.233 e. The van der Waals surface area contributed by atoms with Crippen molar-refractivity contribution in [1.82, 2.24) is 4.98 Å². The topological polar surface area (TPSA) is 25.4 Å². The Morgan fingerprint density at radius 2 is 2.29 bits per heavy atom. The van der Waals surface area contributed by atoms with E-state index in [1.165, 1.54) is 0 Å². The van der Waals surface area contributed by atoms with Crippen LogP contribution in [-0.4, -0.2) is 31.5 Å². The molecule has 0 saturated heterocycles. The number of hydrogen-bond acceptors (Lipinski definition) is 4. The van der Waals surface area contributed by atoms with E-state index in [-0.39, 0.29) is 0 Å². The van der Waals surface area contributed by atoms with Gasteiger partial charge >= 0.3 is 0 Å². The summed E-state index contributed by atoms with van der Waals surface area (Å²) >= 11 is 4.95. The number of rotatable bonds is 4. The zero-order chi connectivity index (χ0) is 10.6. The Morgan fingerprint density at radius 3 is 2.79 bits per heavy atom. The lowest BCUT2D eigenvalue weighted by Gasteiger charge is -2.04. The fourth-order valence-electron chi connectivity index (χ4n) is 0.901. The summed E-state index contributed by atoms with van der Waals surface area (Å²) in [6.07, 6.45) is 4.04. The van der Waals surface area contributed by atoms with Crippen LogP contribution in [0.4, 0.5) is 5.13 Å². The molecular weight excluding hydrogens is 264 g/mol. The minimum Gasteiger partial charge on any atom is -0.480 e. The Bertz CT molecular complexity index is 323. The van der Waals surface area contributed by atoms with Gasteiger partial charge in [-0.05, 0) is 6.08 Å². The second kappa shape index (κ2) is 5.36. The van der Waals surface area contributed by atoms with E-state index in [1.54, 1.807) is 18.4 Å². The van der Waals surface area contributed by atoms with Crippen molar-refractivity contribution in [1.29, 1.82) is 0 Å². The van der Waals surface area contributed by atoms with E-state index < -0.39 is 0 Å². The molecule has 0 aliphatic heterocycles. The van der Waals surface area contributed by atoms with Crippen LogP contribution in [0.15, 0.2) is 6.08 Å². The fourth-order valence-corrected chi connectivity index (χ4v) is 1.98. The molecule has 1 rings (SSSR count). The van der Waals surface area contributed by atoms with E-state index in [0.29, 0.717) is 5.88 Å². The van der Waals surface area contributed by atoms with Gasteiger partial charge in [0.15, 0.2) is 5.13 Å². The van der Waals surface area contributed by atoms with Crippen LogP contribution in [0, 0.1) is 0 Å². The minimum atomic E-state index is 0.691. The van der Waals surface area contributed by atoms with Crippen LogP contribution >= 0.6 is 27.3 Å². The van der Waals surface area contributed by atoms with Gasteiger partial charge in [-0.2, -0.15) is 4.98 Å². The molecule has 0 radical (unpaired) electrons. The monoisotopic (exact) mass is 276 g/mol. The molecule has 0 fully saturated rings. The second-order valence-corrected chi connectivity index (χ2v) is 4.48. The number of ether oxygens (including phenoxy) is 1. The quantitative estimate of drug-likeness (QED) is 0.791. The van der Waals surface area contributed by atoms with Crippen LogP contribution < -0.4 is 9.64 Å². The van der Waals surface area contributed by atoms with Crippen LogP contribution in [0.2, 0.25) is 0 Å². The Hall–Kier alpha value is -0.550. The number of methoxy groups -OCH3 is 1. The lowest BCUT2D eigenvalue weighted by Crippen LogP contribution is -2.07. The van der Waals surface area contributed by atoms with Crippen molar-refractivity contribution < 1.29 is 4.74 Å². The number of alkyl halides is 1. The van der Waals surface area contributed by atoms with E-state index in [0.717, 1.165) is 15.3 Å². The van der Waals surface area contributed by atoms with Crippen LogP contribution in [-0.2, 0) is 0 Å². The molecule has 78 valence electrons. The Labute approximate surface area is 96.5 Å². The SMILES string of the molecule is COc1nc(N(C)C)sc1C=CCBr. The maximum absolute atomic E-state index is 5.18. The number of hydrogen-bond donors (Lipinski definition) is 0. The van der Waals surface area contributed by atoms with Crippen molar-refractivity contribution in [2.24, 2.45) is 0 Å². The molecule has 14 heavy (non-hydrogen) atoms. The van der Waals surface area contributed by atoms with Crippen molar-refractivity contribution in [3.63, 3.8) is 0 Å². The molecule has 3 nitrogen and oxygen atoms in total. The summed E-state index contributed by atoms with van der Waals surface area (Å²) in [6, 6.07) is 0. The third kappa shape index (κ3) is 2.72. The Morgan fingerprint density at radius 1 is 1.57 bits per heavy atom. The van der Waals surface area contributed by atoms with E-state index >= 15 is 0 Å². The Balaban J connectivity index is 2.96. The lowest BCUT2D eigenvalue weighted by molar-refractivity contribution is 0.400. The standard InChI is InChI=1S/C9H13BrN2OS/c1-12(2)9-11-8(13-3)7(14-9)5-4-6-10/h4-5H,6H2,1-3H3. The first-order chi connectivity index (χ1) is 6.69. The number of thiazole rings is 1. The number of allylic oxidation sites excluding steroid dienone is 1. The summed E-state index contributed by atoms with van der Waals surface area (Å²) in [5, 5.41) is 1.79. The fraction of sp³-hybridized carbons (Fsp3) is 0.444. The highest BCUT2D eigenvalue weighted by Crippen LogP contribution is 2.31. The average molecular weight is 277 g/mol. The van der Waals surface area contributed by atoms with E-state index in [4.69, 9.17) is 4.74 Å². The third-order valence-electron chi connectivity index (χ3n) is 1.54. The molecule has 0 unspecified atom stereocenters. The summed E-state index contributed by atoms with van der Waals surface area (Å²) in [5.41, 5.74) is 0. The van der Waals surface area contributed by atoms with Gasteiger partial charge in [0.25, 0.3) is 0 Å². The van der Waals surface area contributed by atoms with Gasteiger partial charge in [0.05, 0.1) is 12.0 Å². The van der Waals surface area contributed by atoms with Crippen LogP contribution in [0.3, 0.4) is 0 Å². The molecule has 1 aromatic rings. The summed E-state index contributed by atoms with van der Waals surface area (Å²) < 4.78 is 5.18. The van der Waals surface area contributed by atoms with Gasteiger partial charge in [-0.3, -0.25) is 0 Å². The van der Waals surface area contributed by atoms with Crippen LogP contribution in [0.1, 0.15) is 4.88 Å². The van der Waals surface area contributed by atoms with Crippen molar-refractivity contribution in [3.05, 3.63) is 11.0 Å². The molecule has 0 amide bonds. The van der Waals surface area contributed by atoms with Crippen LogP contribution in [0.5, 0.6) is 5.88 Å². The molecule has 0 aliphatic rings. The first-order valence-electron chi connectivity index (χ1n) is 4.13. The predicted octanol–water partition coefficient (Wildman–Crippen LogP) is 2.63. The highest BCUT2D eigenvalue weighted by Gasteiger charge is 2.09. The lowest BCUT2D eigenvalue weighted by atomic mass is 10.4. The van der Waals surface area contributed by atoms with Gasteiger partial charge in [0.1, 0.15) is 0 Å². The first kappa shape index (κ1) is 11.5. The van der Waals surface area contributed by atoms with Crippen molar-refractivity contribution in [3.8, 4) is 5.88 Å². The van der Waals surface area contributed by atoms with Gasteiger partial charge in [-0.1, -0.05) is 33.3 Å². The molecule has 0 spiro atoms. The molecule has 0 bridgehead atoms. The van der Waals surface area contributed by atoms with E-state index in [9.17, 15) is 0 Å². The molecular formula is C9H13BrN2OS. The maximum atomic E-state index is 5.18. The van der Waals surface area contributed by atoms with Gasteiger partial charge in [-0.25, -0.2) is 0 Å². The first-order valence-corrected chi connectivity index (χ1v) is 6.07. The molecule has 1 heterocycles. The normalized spacial score (nSPS) is 10.9. The molecule has 0 N–H and O–H groups in total. The minimum absolute atomic E-state index is 0.691. The highest BCUT2D eigenvalue weighted by atomic mass is 79.9. The van der Waals surface area contributed by atoms with Crippen molar-refractivity contribution in [2.75, 3.05) is 31.4 Å². The smallest absolute Gasteiger partial charge is 0.233 e. The molecule has 0 aliphatic carbocycles. The number of nitrogens with zero attached hydrogens (tertiary/aromatic N) is 2. The summed E-state index contributed by atoms with van der Waals surface area (Å²) in [6.45, 7) is 0. The number of anilines is 1. The molecule has 1 aromatic heterocycles. The van der Waals surface area contributed by atoms with E-state index in [1.807, 2.05) is 31.1 Å². The largest absolute Gasteiger partial charge is 0.480 e. The van der Waals surface area contributed by atoms with E-state index in [2.05, 4.69) is 20.9 Å². The van der Waals surface area contributed by atoms with Gasteiger partial charge in [0, 0.05) is 19.4 Å². The Kier molecular flexibility index (Phi) is 4.41. The second-order valence-electron chi connectivity index (χ2n) is 2.82. The molecule has 0 saturated carbocycles. The van der Waals surface area contributed by atoms with Gasteiger partial charge in [0.2, 0.25) is 5.88 Å². The number of aromatic nitrogens is 1. The van der Waals surface area contributed by atoms with Crippen LogP contribution in [0.25, 0.3) is 6.08 Å². The molecule has 5 heteroatoms.